The fourth-order valence-electron chi connectivity index (χ4n) is 12.1. The first-order chi connectivity index (χ1) is 24.5. The van der Waals surface area contributed by atoms with Crippen LogP contribution in [0.15, 0.2) is 140 Å². The van der Waals surface area contributed by atoms with E-state index in [9.17, 15) is 0 Å². The van der Waals surface area contributed by atoms with Crippen molar-refractivity contribution in [3.05, 3.63) is 162 Å². The van der Waals surface area contributed by atoms with E-state index in [-0.39, 0.29) is 10.8 Å². The SMILES string of the molecule is CC1(C)c2ccccc2-c2ccc(N(c3ccc4c(c3)-c3ccccc3C43C4CC5CC(C4)CC3C5)c3ccccc3-c3ccccc3)cc21. The van der Waals surface area contributed by atoms with Crippen LogP contribution >= 0.6 is 0 Å². The lowest BCUT2D eigenvalue weighted by Gasteiger charge is -2.61. The van der Waals surface area contributed by atoms with E-state index < -0.39 is 0 Å². The zero-order chi connectivity index (χ0) is 33.2. The molecule has 0 atom stereocenters. The van der Waals surface area contributed by atoms with E-state index in [1.165, 1.54) is 93.7 Å². The Balaban J connectivity index is 1.13. The van der Waals surface area contributed by atoms with Crippen molar-refractivity contribution < 1.29 is 0 Å². The predicted octanol–water partition coefficient (Wildman–Crippen LogP) is 12.9. The summed E-state index contributed by atoms with van der Waals surface area (Å²) < 4.78 is 0. The molecule has 0 amide bonds. The van der Waals surface area contributed by atoms with Gasteiger partial charge in [-0.2, -0.15) is 0 Å². The van der Waals surface area contributed by atoms with Gasteiger partial charge in [0, 0.05) is 27.8 Å². The molecule has 6 aromatic carbocycles. The zero-order valence-corrected chi connectivity index (χ0v) is 29.1. The maximum Gasteiger partial charge on any atom is 0.0540 e. The van der Waals surface area contributed by atoms with Gasteiger partial charge in [0.1, 0.15) is 0 Å². The van der Waals surface area contributed by atoms with Gasteiger partial charge in [-0.3, -0.25) is 0 Å². The Morgan fingerprint density at radius 2 is 0.980 bits per heavy atom. The normalized spacial score (nSPS) is 25.6. The molecule has 4 fully saturated rings. The van der Waals surface area contributed by atoms with Crippen LogP contribution in [-0.4, -0.2) is 0 Å². The van der Waals surface area contributed by atoms with Gasteiger partial charge in [0.05, 0.1) is 5.69 Å². The van der Waals surface area contributed by atoms with Crippen LogP contribution in [0.2, 0.25) is 0 Å². The molecule has 244 valence electrons. The third kappa shape index (κ3) is 3.79. The van der Waals surface area contributed by atoms with Crippen LogP contribution in [0.25, 0.3) is 33.4 Å². The van der Waals surface area contributed by atoms with Gasteiger partial charge < -0.3 is 4.90 Å². The number of benzene rings is 6. The van der Waals surface area contributed by atoms with Crippen molar-refractivity contribution in [2.75, 3.05) is 4.90 Å². The Hall–Kier alpha value is -4.88. The van der Waals surface area contributed by atoms with Crippen molar-refractivity contribution in [3.8, 4) is 33.4 Å². The van der Waals surface area contributed by atoms with Crippen molar-refractivity contribution in [2.45, 2.75) is 56.8 Å². The molecule has 4 bridgehead atoms. The van der Waals surface area contributed by atoms with Crippen molar-refractivity contribution in [2.24, 2.45) is 23.7 Å². The summed E-state index contributed by atoms with van der Waals surface area (Å²) >= 11 is 0. The first-order valence-corrected chi connectivity index (χ1v) is 18.9. The van der Waals surface area contributed by atoms with Crippen LogP contribution in [0.4, 0.5) is 17.1 Å². The third-order valence-corrected chi connectivity index (χ3v) is 13.9. The smallest absolute Gasteiger partial charge is 0.0540 e. The van der Waals surface area contributed by atoms with Gasteiger partial charge in [-0.1, -0.05) is 123 Å². The Morgan fingerprint density at radius 1 is 0.440 bits per heavy atom. The average molecular weight is 646 g/mol. The molecule has 0 radical (unpaired) electrons. The first-order valence-electron chi connectivity index (χ1n) is 18.9. The number of para-hydroxylation sites is 1. The topological polar surface area (TPSA) is 3.24 Å². The lowest BCUT2D eigenvalue weighted by Crippen LogP contribution is -2.55. The van der Waals surface area contributed by atoms with Gasteiger partial charge in [-0.05, 0) is 136 Å². The molecule has 0 saturated heterocycles. The summed E-state index contributed by atoms with van der Waals surface area (Å²) in [5.74, 6) is 3.42. The number of hydrogen-bond acceptors (Lipinski definition) is 1. The second-order valence-electron chi connectivity index (χ2n) is 16.6. The molecule has 6 aromatic rings. The van der Waals surface area contributed by atoms with E-state index in [4.69, 9.17) is 0 Å². The van der Waals surface area contributed by atoms with Crippen LogP contribution in [0, 0.1) is 23.7 Å². The molecular weight excluding hydrogens is 603 g/mol. The second-order valence-corrected chi connectivity index (χ2v) is 16.6. The maximum absolute atomic E-state index is 2.57. The largest absolute Gasteiger partial charge is 0.310 e. The van der Waals surface area contributed by atoms with Crippen LogP contribution < -0.4 is 4.90 Å². The predicted molar refractivity (Wildman–Crippen MR) is 207 cm³/mol. The maximum atomic E-state index is 2.57. The van der Waals surface area contributed by atoms with E-state index in [0.717, 1.165) is 23.7 Å². The summed E-state index contributed by atoms with van der Waals surface area (Å²) in [6, 6.07) is 53.2. The van der Waals surface area contributed by atoms with Gasteiger partial charge in [0.2, 0.25) is 0 Å². The van der Waals surface area contributed by atoms with Gasteiger partial charge in [-0.15, -0.1) is 0 Å². The average Bonchev–Trinajstić information content (AvgIpc) is 3.57. The van der Waals surface area contributed by atoms with Crippen molar-refractivity contribution in [1.82, 2.24) is 0 Å². The van der Waals surface area contributed by atoms with Crippen LogP contribution in [0.3, 0.4) is 0 Å². The van der Waals surface area contributed by atoms with Crippen LogP contribution in [0.5, 0.6) is 0 Å². The minimum atomic E-state index is -0.0741. The molecule has 50 heavy (non-hydrogen) atoms. The van der Waals surface area contributed by atoms with Gasteiger partial charge >= 0.3 is 0 Å². The Bertz CT molecular complexity index is 2300. The monoisotopic (exact) mass is 645 g/mol. The molecule has 12 rings (SSSR count). The molecule has 0 unspecified atom stereocenters. The first kappa shape index (κ1) is 28.9. The Morgan fingerprint density at radius 3 is 1.72 bits per heavy atom. The highest BCUT2D eigenvalue weighted by Crippen LogP contribution is 2.69. The molecule has 1 nitrogen and oxygen atoms in total. The number of anilines is 3. The highest BCUT2D eigenvalue weighted by molar-refractivity contribution is 5.93. The standard InChI is InChI=1S/C49H43N/c1-48(2)43-17-9-6-15-39(43)41-22-20-37(30-46(41)48)50(47-19-11-8-14-38(47)33-12-4-3-5-13-33)36-21-23-45-42(29-36)40-16-7-10-18-44(40)49(45)34-25-31-24-32(27-34)28-35(49)26-31/h3-23,29-32,34-35H,24-28H2,1-2H3. The molecule has 6 aliphatic rings. The summed E-state index contributed by atoms with van der Waals surface area (Å²) in [6.07, 6.45) is 7.12. The lowest BCUT2D eigenvalue weighted by atomic mass is 9.43. The number of rotatable bonds is 4. The molecule has 4 saturated carbocycles. The molecule has 1 spiro atoms. The quantitative estimate of drug-likeness (QED) is 0.184. The second kappa shape index (κ2) is 10.3. The minimum Gasteiger partial charge on any atom is -0.310 e. The fourth-order valence-corrected chi connectivity index (χ4v) is 12.1. The van der Waals surface area contributed by atoms with Gasteiger partial charge in [0.25, 0.3) is 0 Å². The van der Waals surface area contributed by atoms with E-state index in [2.05, 4.69) is 158 Å². The van der Waals surface area contributed by atoms with E-state index in [1.54, 1.807) is 11.1 Å². The number of fused-ring (bicyclic) bond motifs is 6. The molecule has 0 N–H and O–H groups in total. The van der Waals surface area contributed by atoms with Crippen molar-refractivity contribution >= 4 is 17.1 Å². The summed E-state index contributed by atoms with van der Waals surface area (Å²) in [5.41, 5.74) is 17.9. The van der Waals surface area contributed by atoms with E-state index in [1.807, 2.05) is 0 Å². The minimum absolute atomic E-state index is 0.0741. The van der Waals surface area contributed by atoms with Gasteiger partial charge in [0.15, 0.2) is 0 Å². The number of hydrogen-bond donors (Lipinski definition) is 0. The summed E-state index contributed by atoms with van der Waals surface area (Å²) in [4.78, 5) is 2.55. The Labute approximate surface area is 296 Å². The van der Waals surface area contributed by atoms with Crippen LogP contribution in [-0.2, 0) is 10.8 Å². The molecule has 0 heterocycles. The van der Waals surface area contributed by atoms with Crippen molar-refractivity contribution in [1.29, 1.82) is 0 Å². The van der Waals surface area contributed by atoms with E-state index in [0.29, 0.717) is 0 Å². The van der Waals surface area contributed by atoms with Crippen molar-refractivity contribution in [3.63, 3.8) is 0 Å². The van der Waals surface area contributed by atoms with Gasteiger partial charge in [-0.25, -0.2) is 0 Å². The Kier molecular flexibility index (Phi) is 5.97. The molecule has 1 heteroatoms. The molecular formula is C49H43N. The zero-order valence-electron chi connectivity index (χ0n) is 29.1. The fraction of sp³-hybridized carbons (Fsp3) is 0.265. The molecule has 0 aromatic heterocycles. The lowest BCUT2D eigenvalue weighted by molar-refractivity contribution is -0.0399. The highest BCUT2D eigenvalue weighted by atomic mass is 15.1. The highest BCUT2D eigenvalue weighted by Gasteiger charge is 2.61. The molecule has 0 aliphatic heterocycles. The van der Waals surface area contributed by atoms with Crippen LogP contribution in [0.1, 0.15) is 68.2 Å². The molecule has 6 aliphatic carbocycles. The van der Waals surface area contributed by atoms with E-state index >= 15 is 0 Å². The summed E-state index contributed by atoms with van der Waals surface area (Å²) in [7, 11) is 0. The summed E-state index contributed by atoms with van der Waals surface area (Å²) in [5, 5.41) is 0. The number of nitrogens with zero attached hydrogens (tertiary/aromatic N) is 1. The third-order valence-electron chi connectivity index (χ3n) is 13.9. The summed E-state index contributed by atoms with van der Waals surface area (Å²) in [6.45, 7) is 4.78.